The summed E-state index contributed by atoms with van der Waals surface area (Å²) in [7, 11) is 0. The molecule has 0 aliphatic heterocycles. The van der Waals surface area contributed by atoms with Crippen LogP contribution in [-0.4, -0.2) is 25.2 Å². The van der Waals surface area contributed by atoms with Crippen LogP contribution in [0, 0.1) is 0 Å². The van der Waals surface area contributed by atoms with Crippen molar-refractivity contribution >= 4 is 29.0 Å². The lowest BCUT2D eigenvalue weighted by molar-refractivity contribution is 0.0526. The van der Waals surface area contributed by atoms with E-state index in [-0.39, 0.29) is 6.03 Å². The van der Waals surface area contributed by atoms with Gasteiger partial charge >= 0.3 is 12.0 Å². The number of urea groups is 1. The second kappa shape index (κ2) is 8.19. The van der Waals surface area contributed by atoms with Crippen molar-refractivity contribution in [1.82, 2.24) is 5.32 Å². The lowest BCUT2D eigenvalue weighted by atomic mass is 10.2. The van der Waals surface area contributed by atoms with E-state index in [1.165, 1.54) is 4.88 Å². The quantitative estimate of drug-likeness (QED) is 0.803. The third kappa shape index (κ3) is 4.89. The highest BCUT2D eigenvalue weighted by atomic mass is 32.1. The van der Waals surface area contributed by atoms with Crippen LogP contribution in [0.4, 0.5) is 10.5 Å². The number of ether oxygens (including phenoxy) is 1. The number of rotatable bonds is 6. The van der Waals surface area contributed by atoms with Crippen LogP contribution in [0.25, 0.3) is 0 Å². The van der Waals surface area contributed by atoms with Crippen LogP contribution in [0.2, 0.25) is 0 Å². The first kappa shape index (κ1) is 16.0. The Bertz CT molecular complexity index is 626. The number of benzene rings is 1. The highest BCUT2D eigenvalue weighted by molar-refractivity contribution is 7.09. The zero-order valence-electron chi connectivity index (χ0n) is 12.3. The van der Waals surface area contributed by atoms with Gasteiger partial charge in [-0.1, -0.05) is 12.1 Å². The van der Waals surface area contributed by atoms with E-state index in [9.17, 15) is 9.59 Å². The monoisotopic (exact) mass is 318 g/mol. The number of nitrogens with one attached hydrogen (secondary N) is 2. The van der Waals surface area contributed by atoms with Gasteiger partial charge in [-0.15, -0.1) is 11.3 Å². The molecule has 116 valence electrons. The summed E-state index contributed by atoms with van der Waals surface area (Å²) in [6.45, 7) is 2.63. The van der Waals surface area contributed by atoms with E-state index in [4.69, 9.17) is 4.74 Å². The Morgan fingerprint density at radius 1 is 1.23 bits per heavy atom. The molecule has 22 heavy (non-hydrogen) atoms. The van der Waals surface area contributed by atoms with Crippen molar-refractivity contribution < 1.29 is 14.3 Å². The number of amides is 2. The van der Waals surface area contributed by atoms with Gasteiger partial charge in [0.05, 0.1) is 12.2 Å². The number of hydrogen-bond donors (Lipinski definition) is 2. The normalized spacial score (nSPS) is 10.0. The van der Waals surface area contributed by atoms with Crippen molar-refractivity contribution in [3.8, 4) is 0 Å². The van der Waals surface area contributed by atoms with Gasteiger partial charge in [0.1, 0.15) is 0 Å². The topological polar surface area (TPSA) is 67.4 Å². The summed E-state index contributed by atoms with van der Waals surface area (Å²) in [5.41, 5.74) is 0.970. The summed E-state index contributed by atoms with van der Waals surface area (Å²) in [5, 5.41) is 7.50. The molecular weight excluding hydrogens is 300 g/mol. The van der Waals surface area contributed by atoms with Crippen LogP contribution < -0.4 is 10.6 Å². The molecule has 2 N–H and O–H groups in total. The summed E-state index contributed by atoms with van der Waals surface area (Å²) < 4.78 is 4.93. The first-order chi connectivity index (χ1) is 10.7. The molecule has 0 saturated carbocycles. The predicted molar refractivity (Wildman–Crippen MR) is 87.4 cm³/mol. The highest BCUT2D eigenvalue weighted by Crippen LogP contribution is 2.12. The molecule has 5 nitrogen and oxygen atoms in total. The van der Waals surface area contributed by atoms with Gasteiger partial charge in [-0.2, -0.15) is 0 Å². The zero-order chi connectivity index (χ0) is 15.8. The standard InChI is InChI=1S/C16H18N2O3S/c1-2-21-15(19)12-5-3-6-13(11-12)18-16(20)17-9-8-14-7-4-10-22-14/h3-7,10-11H,2,8-9H2,1H3,(H2,17,18,20). The van der Waals surface area contributed by atoms with Crippen molar-refractivity contribution in [2.45, 2.75) is 13.3 Å². The van der Waals surface area contributed by atoms with Crippen molar-refractivity contribution in [1.29, 1.82) is 0 Å². The molecule has 0 fully saturated rings. The van der Waals surface area contributed by atoms with Crippen molar-refractivity contribution in [2.75, 3.05) is 18.5 Å². The average Bonchev–Trinajstić information content (AvgIpc) is 3.01. The fourth-order valence-electron chi connectivity index (χ4n) is 1.87. The van der Waals surface area contributed by atoms with E-state index < -0.39 is 5.97 Å². The molecule has 0 aliphatic carbocycles. The molecule has 1 aromatic heterocycles. The molecule has 0 unspecified atom stereocenters. The van der Waals surface area contributed by atoms with Crippen LogP contribution in [0.1, 0.15) is 22.2 Å². The number of carbonyl (C=O) groups is 2. The van der Waals surface area contributed by atoms with Gasteiger partial charge in [0, 0.05) is 17.1 Å². The van der Waals surface area contributed by atoms with E-state index in [2.05, 4.69) is 10.6 Å². The molecule has 2 rings (SSSR count). The molecule has 0 bridgehead atoms. The average molecular weight is 318 g/mol. The summed E-state index contributed by atoms with van der Waals surface area (Å²) >= 11 is 1.67. The third-order valence-corrected chi connectivity index (χ3v) is 3.80. The Hall–Kier alpha value is -2.34. The Balaban J connectivity index is 1.83. The van der Waals surface area contributed by atoms with E-state index in [0.717, 1.165) is 6.42 Å². The van der Waals surface area contributed by atoms with Crippen LogP contribution in [0.15, 0.2) is 41.8 Å². The number of carbonyl (C=O) groups excluding carboxylic acids is 2. The molecule has 6 heteroatoms. The van der Waals surface area contributed by atoms with Crippen LogP contribution >= 0.6 is 11.3 Å². The number of anilines is 1. The smallest absolute Gasteiger partial charge is 0.338 e. The zero-order valence-corrected chi connectivity index (χ0v) is 13.1. The predicted octanol–water partition coefficient (Wildman–Crippen LogP) is 3.29. The van der Waals surface area contributed by atoms with Crippen LogP contribution in [0.3, 0.4) is 0 Å². The largest absolute Gasteiger partial charge is 0.462 e. The second-order valence-electron chi connectivity index (χ2n) is 4.51. The lowest BCUT2D eigenvalue weighted by Gasteiger charge is -2.08. The van der Waals surface area contributed by atoms with Crippen molar-refractivity contribution in [3.05, 3.63) is 52.2 Å². The van der Waals surface area contributed by atoms with Gasteiger partial charge in [-0.25, -0.2) is 9.59 Å². The van der Waals surface area contributed by atoms with Gasteiger partial charge in [-0.05, 0) is 43.0 Å². The minimum atomic E-state index is -0.399. The molecule has 0 radical (unpaired) electrons. The van der Waals surface area contributed by atoms with Gasteiger partial charge in [0.2, 0.25) is 0 Å². The van der Waals surface area contributed by atoms with Crippen LogP contribution in [0.5, 0.6) is 0 Å². The molecular formula is C16H18N2O3S. The Kier molecular flexibility index (Phi) is 5.97. The fourth-order valence-corrected chi connectivity index (χ4v) is 2.58. The molecule has 0 spiro atoms. The first-order valence-electron chi connectivity index (χ1n) is 7.03. The maximum Gasteiger partial charge on any atom is 0.338 e. The number of thiophene rings is 1. The van der Waals surface area contributed by atoms with E-state index >= 15 is 0 Å². The lowest BCUT2D eigenvalue weighted by Crippen LogP contribution is -2.30. The van der Waals surface area contributed by atoms with E-state index in [1.807, 2.05) is 17.5 Å². The van der Waals surface area contributed by atoms with Gasteiger partial charge in [0.25, 0.3) is 0 Å². The Labute approximate surface area is 133 Å². The summed E-state index contributed by atoms with van der Waals surface area (Å²) in [6, 6.07) is 10.4. The number of esters is 1. The Morgan fingerprint density at radius 3 is 2.82 bits per heavy atom. The minimum absolute atomic E-state index is 0.294. The molecule has 1 aromatic carbocycles. The van der Waals surface area contributed by atoms with Gasteiger partial charge < -0.3 is 15.4 Å². The summed E-state index contributed by atoms with van der Waals surface area (Å²) in [5.74, 6) is -0.399. The summed E-state index contributed by atoms with van der Waals surface area (Å²) in [4.78, 5) is 24.7. The molecule has 0 aliphatic rings. The molecule has 0 atom stereocenters. The molecule has 1 heterocycles. The summed E-state index contributed by atoms with van der Waals surface area (Å²) in [6.07, 6.45) is 0.800. The first-order valence-corrected chi connectivity index (χ1v) is 7.91. The fraction of sp³-hybridized carbons (Fsp3) is 0.250. The Morgan fingerprint density at radius 2 is 2.09 bits per heavy atom. The third-order valence-electron chi connectivity index (χ3n) is 2.87. The van der Waals surface area contributed by atoms with E-state index in [1.54, 1.807) is 42.5 Å². The van der Waals surface area contributed by atoms with Crippen molar-refractivity contribution in [3.63, 3.8) is 0 Å². The molecule has 2 amide bonds. The second-order valence-corrected chi connectivity index (χ2v) is 5.54. The van der Waals surface area contributed by atoms with Crippen molar-refractivity contribution in [2.24, 2.45) is 0 Å². The van der Waals surface area contributed by atoms with Gasteiger partial charge in [0.15, 0.2) is 0 Å². The maximum absolute atomic E-state index is 11.8. The maximum atomic E-state index is 11.8. The SMILES string of the molecule is CCOC(=O)c1cccc(NC(=O)NCCc2cccs2)c1. The minimum Gasteiger partial charge on any atom is -0.462 e. The number of hydrogen-bond acceptors (Lipinski definition) is 4. The molecule has 0 saturated heterocycles. The highest BCUT2D eigenvalue weighted by Gasteiger charge is 2.08. The van der Waals surface area contributed by atoms with E-state index in [0.29, 0.717) is 24.4 Å². The van der Waals surface area contributed by atoms with Crippen LogP contribution in [-0.2, 0) is 11.2 Å². The van der Waals surface area contributed by atoms with Gasteiger partial charge in [-0.3, -0.25) is 0 Å². The molecule has 2 aromatic rings.